The lowest BCUT2D eigenvalue weighted by atomic mass is 10.1. The lowest BCUT2D eigenvalue weighted by Crippen LogP contribution is -2.27. The lowest BCUT2D eigenvalue weighted by Gasteiger charge is -2.07. The van der Waals surface area contributed by atoms with Crippen molar-refractivity contribution in [2.45, 2.75) is 19.4 Å². The maximum absolute atomic E-state index is 12.2. The SMILES string of the molecule is O=C(O)Cc1c[nH]c(=S)n(CCc2ccccc2)c1=O. The molecule has 0 aliphatic carbocycles. The van der Waals surface area contributed by atoms with Crippen LogP contribution in [0.5, 0.6) is 0 Å². The van der Waals surface area contributed by atoms with Gasteiger partial charge in [-0.2, -0.15) is 0 Å². The first-order valence-electron chi connectivity index (χ1n) is 6.15. The molecule has 0 aliphatic heterocycles. The zero-order valence-corrected chi connectivity index (χ0v) is 11.5. The summed E-state index contributed by atoms with van der Waals surface area (Å²) in [5.41, 5.74) is 0.962. The van der Waals surface area contributed by atoms with Gasteiger partial charge in [0.2, 0.25) is 0 Å². The minimum atomic E-state index is -1.04. The fourth-order valence-corrected chi connectivity index (χ4v) is 2.17. The van der Waals surface area contributed by atoms with Gasteiger partial charge in [0.25, 0.3) is 5.56 Å². The molecule has 2 rings (SSSR count). The predicted molar refractivity (Wildman–Crippen MR) is 77.4 cm³/mol. The van der Waals surface area contributed by atoms with Gasteiger partial charge in [0.05, 0.1) is 6.42 Å². The molecular formula is C14H14N2O3S. The molecule has 0 fully saturated rings. The van der Waals surface area contributed by atoms with E-state index in [4.69, 9.17) is 17.3 Å². The third kappa shape index (κ3) is 3.42. The second kappa shape index (κ2) is 6.29. The van der Waals surface area contributed by atoms with Crippen molar-refractivity contribution in [2.75, 3.05) is 0 Å². The normalized spacial score (nSPS) is 10.4. The van der Waals surface area contributed by atoms with E-state index in [9.17, 15) is 9.59 Å². The summed E-state index contributed by atoms with van der Waals surface area (Å²) < 4.78 is 1.71. The Morgan fingerprint density at radius 3 is 2.65 bits per heavy atom. The van der Waals surface area contributed by atoms with E-state index in [1.165, 1.54) is 10.8 Å². The molecule has 20 heavy (non-hydrogen) atoms. The molecule has 2 aromatic rings. The van der Waals surface area contributed by atoms with Crippen molar-refractivity contribution >= 4 is 18.2 Å². The molecule has 0 atom stereocenters. The maximum Gasteiger partial charge on any atom is 0.308 e. The molecular weight excluding hydrogens is 276 g/mol. The Hall–Kier alpha value is -2.21. The lowest BCUT2D eigenvalue weighted by molar-refractivity contribution is -0.136. The molecule has 0 unspecified atom stereocenters. The van der Waals surface area contributed by atoms with E-state index < -0.39 is 5.97 Å². The van der Waals surface area contributed by atoms with Crippen LogP contribution < -0.4 is 5.56 Å². The van der Waals surface area contributed by atoms with Crippen LogP contribution in [0.4, 0.5) is 0 Å². The van der Waals surface area contributed by atoms with E-state index >= 15 is 0 Å². The zero-order chi connectivity index (χ0) is 14.5. The van der Waals surface area contributed by atoms with Gasteiger partial charge in [-0.25, -0.2) is 0 Å². The number of hydrogen-bond donors (Lipinski definition) is 2. The average Bonchev–Trinajstić information content (AvgIpc) is 2.43. The van der Waals surface area contributed by atoms with Gasteiger partial charge in [-0.1, -0.05) is 30.3 Å². The van der Waals surface area contributed by atoms with E-state index in [2.05, 4.69) is 4.98 Å². The average molecular weight is 290 g/mol. The van der Waals surface area contributed by atoms with Crippen LogP contribution in [-0.4, -0.2) is 20.6 Å². The highest BCUT2D eigenvalue weighted by Gasteiger charge is 2.09. The molecule has 1 aromatic heterocycles. The number of aryl methyl sites for hydroxylation is 1. The quantitative estimate of drug-likeness (QED) is 0.823. The van der Waals surface area contributed by atoms with Gasteiger partial charge in [0.1, 0.15) is 0 Å². The number of aliphatic carboxylic acids is 1. The smallest absolute Gasteiger partial charge is 0.308 e. The number of carboxylic acid groups (broad SMARTS) is 1. The van der Waals surface area contributed by atoms with Crippen molar-refractivity contribution in [3.8, 4) is 0 Å². The standard InChI is InChI=1S/C14H14N2O3S/c17-12(18)8-11-9-15-14(20)16(13(11)19)7-6-10-4-2-1-3-5-10/h1-5,9H,6-8H2,(H,15,20)(H,17,18). The van der Waals surface area contributed by atoms with Crippen LogP contribution in [0.1, 0.15) is 11.1 Å². The molecule has 2 N–H and O–H groups in total. The maximum atomic E-state index is 12.2. The molecule has 0 bridgehead atoms. The Kier molecular flexibility index (Phi) is 4.47. The molecule has 0 aliphatic rings. The minimum Gasteiger partial charge on any atom is -0.481 e. The summed E-state index contributed by atoms with van der Waals surface area (Å²) in [7, 11) is 0. The number of carboxylic acids is 1. The molecule has 0 spiro atoms. The van der Waals surface area contributed by atoms with Crippen LogP contribution >= 0.6 is 12.2 Å². The van der Waals surface area contributed by atoms with Crippen molar-refractivity contribution < 1.29 is 9.90 Å². The fourth-order valence-electron chi connectivity index (χ4n) is 1.93. The number of hydrogen-bond acceptors (Lipinski definition) is 3. The van der Waals surface area contributed by atoms with Gasteiger partial charge in [0.15, 0.2) is 4.77 Å². The molecule has 1 heterocycles. The Morgan fingerprint density at radius 2 is 2.00 bits per heavy atom. The Labute approximate surface area is 120 Å². The van der Waals surface area contributed by atoms with Crippen LogP contribution in [0, 0.1) is 4.77 Å². The van der Waals surface area contributed by atoms with Gasteiger partial charge >= 0.3 is 5.97 Å². The second-order valence-corrected chi connectivity index (χ2v) is 4.77. The number of H-pyrrole nitrogens is 1. The van der Waals surface area contributed by atoms with Crippen molar-refractivity contribution in [1.82, 2.24) is 9.55 Å². The molecule has 0 radical (unpaired) electrons. The first-order valence-corrected chi connectivity index (χ1v) is 6.56. The monoisotopic (exact) mass is 290 g/mol. The van der Waals surface area contributed by atoms with Gasteiger partial charge in [-0.15, -0.1) is 0 Å². The van der Waals surface area contributed by atoms with Crippen LogP contribution in [0.3, 0.4) is 0 Å². The Morgan fingerprint density at radius 1 is 1.30 bits per heavy atom. The largest absolute Gasteiger partial charge is 0.481 e. The number of benzene rings is 1. The van der Waals surface area contributed by atoms with Gasteiger partial charge < -0.3 is 10.1 Å². The molecule has 0 saturated heterocycles. The number of carbonyl (C=O) groups is 1. The molecule has 6 heteroatoms. The van der Waals surface area contributed by atoms with Crippen molar-refractivity contribution in [3.05, 3.63) is 62.8 Å². The number of nitrogens with zero attached hydrogens (tertiary/aromatic N) is 1. The van der Waals surface area contributed by atoms with Crippen LogP contribution in [0.25, 0.3) is 0 Å². The summed E-state index contributed by atoms with van der Waals surface area (Å²) in [6, 6.07) is 9.73. The van der Waals surface area contributed by atoms with Crippen LogP contribution in [0.15, 0.2) is 41.3 Å². The summed E-state index contributed by atoms with van der Waals surface area (Å²) in [6.45, 7) is 0.422. The fraction of sp³-hybridized carbons (Fsp3) is 0.214. The summed E-state index contributed by atoms with van der Waals surface area (Å²) >= 11 is 5.09. The third-order valence-electron chi connectivity index (χ3n) is 2.94. The number of rotatable bonds is 5. The van der Waals surface area contributed by atoms with E-state index in [1.807, 2.05) is 30.3 Å². The summed E-state index contributed by atoms with van der Waals surface area (Å²) in [4.78, 5) is 25.6. The first-order chi connectivity index (χ1) is 9.58. The number of nitrogens with one attached hydrogen (secondary N) is 1. The highest BCUT2D eigenvalue weighted by molar-refractivity contribution is 7.71. The highest BCUT2D eigenvalue weighted by Crippen LogP contribution is 2.01. The van der Waals surface area contributed by atoms with Gasteiger partial charge in [-0.05, 0) is 24.2 Å². The van der Waals surface area contributed by atoms with E-state index in [0.717, 1.165) is 5.56 Å². The molecule has 104 valence electrons. The van der Waals surface area contributed by atoms with Crippen molar-refractivity contribution in [3.63, 3.8) is 0 Å². The predicted octanol–water partition coefficient (Wildman–Crippen LogP) is 1.78. The Bertz CT molecular complexity index is 719. The third-order valence-corrected chi connectivity index (χ3v) is 3.28. The van der Waals surface area contributed by atoms with Gasteiger partial charge in [0, 0.05) is 18.3 Å². The first kappa shape index (κ1) is 14.2. The van der Waals surface area contributed by atoms with E-state index in [-0.39, 0.29) is 17.5 Å². The molecule has 0 amide bonds. The molecule has 5 nitrogen and oxygen atoms in total. The zero-order valence-electron chi connectivity index (χ0n) is 10.7. The number of aromatic nitrogens is 2. The summed E-state index contributed by atoms with van der Waals surface area (Å²) in [5.74, 6) is -1.04. The minimum absolute atomic E-state index is 0.208. The summed E-state index contributed by atoms with van der Waals surface area (Å²) in [6.07, 6.45) is 1.73. The Balaban J connectivity index is 2.25. The van der Waals surface area contributed by atoms with E-state index in [1.54, 1.807) is 0 Å². The summed E-state index contributed by atoms with van der Waals surface area (Å²) in [5, 5.41) is 8.77. The van der Waals surface area contributed by atoms with Crippen molar-refractivity contribution in [2.24, 2.45) is 0 Å². The van der Waals surface area contributed by atoms with Gasteiger partial charge in [-0.3, -0.25) is 14.2 Å². The van der Waals surface area contributed by atoms with E-state index in [0.29, 0.717) is 17.7 Å². The number of aromatic amines is 1. The van der Waals surface area contributed by atoms with Crippen LogP contribution in [0.2, 0.25) is 0 Å². The van der Waals surface area contributed by atoms with Crippen LogP contribution in [-0.2, 0) is 24.2 Å². The topological polar surface area (TPSA) is 75.1 Å². The van der Waals surface area contributed by atoms with Crippen molar-refractivity contribution in [1.29, 1.82) is 0 Å². The molecule has 1 aromatic carbocycles. The second-order valence-electron chi connectivity index (χ2n) is 4.38. The highest BCUT2D eigenvalue weighted by atomic mass is 32.1. The molecule has 0 saturated carbocycles.